The molecule has 0 aromatic heterocycles. The summed E-state index contributed by atoms with van der Waals surface area (Å²) >= 11 is 0. The molecule has 1 saturated carbocycles. The summed E-state index contributed by atoms with van der Waals surface area (Å²) in [6.45, 7) is 2.15. The van der Waals surface area contributed by atoms with Crippen LogP contribution < -0.4 is 0 Å². The first kappa shape index (κ1) is 11.7. The second-order valence-electron chi connectivity index (χ2n) is 4.95. The Balaban J connectivity index is 2.04. The summed E-state index contributed by atoms with van der Waals surface area (Å²) in [6.07, 6.45) is 7.05. The highest BCUT2D eigenvalue weighted by atomic mass is 16.3. The van der Waals surface area contributed by atoms with Crippen LogP contribution >= 0.6 is 0 Å². The number of rotatable bonds is 4. The van der Waals surface area contributed by atoms with E-state index in [0.29, 0.717) is 0 Å². The first-order valence-corrected chi connectivity index (χ1v) is 6.57. The van der Waals surface area contributed by atoms with Gasteiger partial charge in [-0.2, -0.15) is 0 Å². The Morgan fingerprint density at radius 3 is 2.62 bits per heavy atom. The highest BCUT2D eigenvalue weighted by Crippen LogP contribution is 2.33. The Morgan fingerprint density at radius 2 is 1.94 bits per heavy atom. The molecule has 0 aliphatic heterocycles. The minimum atomic E-state index is -0.251. The monoisotopic (exact) mass is 218 g/mol. The van der Waals surface area contributed by atoms with Crippen LogP contribution in [0.2, 0.25) is 0 Å². The van der Waals surface area contributed by atoms with E-state index in [9.17, 15) is 5.11 Å². The Hall–Kier alpha value is -0.820. The van der Waals surface area contributed by atoms with Crippen LogP contribution in [0.4, 0.5) is 0 Å². The summed E-state index contributed by atoms with van der Waals surface area (Å²) in [5, 5.41) is 10.3. The predicted molar refractivity (Wildman–Crippen MR) is 67.4 cm³/mol. The molecular formula is C15H22O. The molecule has 1 aromatic carbocycles. The van der Waals surface area contributed by atoms with Crippen LogP contribution in [0.3, 0.4) is 0 Å². The third-order valence-electron chi connectivity index (χ3n) is 3.83. The van der Waals surface area contributed by atoms with Gasteiger partial charge in [-0.25, -0.2) is 0 Å². The first-order valence-electron chi connectivity index (χ1n) is 6.57. The Morgan fingerprint density at radius 1 is 1.25 bits per heavy atom. The van der Waals surface area contributed by atoms with Crippen LogP contribution in [0.1, 0.15) is 56.3 Å². The van der Waals surface area contributed by atoms with Gasteiger partial charge in [0.2, 0.25) is 0 Å². The lowest BCUT2D eigenvalue weighted by molar-refractivity contribution is 0.144. The highest BCUT2D eigenvalue weighted by molar-refractivity contribution is 5.29. The zero-order valence-corrected chi connectivity index (χ0v) is 10.2. The van der Waals surface area contributed by atoms with Gasteiger partial charge in [-0.15, -0.1) is 0 Å². The van der Waals surface area contributed by atoms with Gasteiger partial charge in [-0.05, 0) is 29.9 Å². The molecule has 1 aliphatic rings. The van der Waals surface area contributed by atoms with Gasteiger partial charge in [0.05, 0.1) is 6.10 Å². The molecule has 88 valence electrons. The number of hydrogen-bond acceptors (Lipinski definition) is 1. The third-order valence-corrected chi connectivity index (χ3v) is 3.83. The summed E-state index contributed by atoms with van der Waals surface area (Å²) in [5.41, 5.74) is 2.45. The van der Waals surface area contributed by atoms with Gasteiger partial charge in [-0.3, -0.25) is 0 Å². The second-order valence-corrected chi connectivity index (χ2v) is 4.95. The average molecular weight is 218 g/mol. The molecule has 1 N–H and O–H groups in total. The fraction of sp³-hybridized carbons (Fsp3) is 0.600. The molecule has 1 aromatic rings. The van der Waals surface area contributed by atoms with Crippen molar-refractivity contribution in [3.05, 3.63) is 35.4 Å². The van der Waals surface area contributed by atoms with E-state index in [4.69, 9.17) is 0 Å². The molecule has 1 fully saturated rings. The Kier molecular flexibility index (Phi) is 4.00. The molecular weight excluding hydrogens is 196 g/mol. The zero-order chi connectivity index (χ0) is 11.4. The van der Waals surface area contributed by atoms with Gasteiger partial charge in [-0.1, -0.05) is 56.9 Å². The van der Waals surface area contributed by atoms with Crippen molar-refractivity contribution in [3.8, 4) is 0 Å². The molecule has 2 rings (SSSR count). The Bertz CT molecular complexity index is 326. The van der Waals surface area contributed by atoms with Crippen LogP contribution in [-0.2, 0) is 6.42 Å². The lowest BCUT2D eigenvalue weighted by atomic mass is 9.92. The minimum Gasteiger partial charge on any atom is -0.388 e. The zero-order valence-electron chi connectivity index (χ0n) is 10.2. The van der Waals surface area contributed by atoms with E-state index in [-0.39, 0.29) is 6.10 Å². The highest BCUT2D eigenvalue weighted by Gasteiger charge is 2.20. The lowest BCUT2D eigenvalue weighted by Crippen LogP contribution is -2.06. The van der Waals surface area contributed by atoms with E-state index >= 15 is 0 Å². The van der Waals surface area contributed by atoms with Crippen molar-refractivity contribution in [3.63, 3.8) is 0 Å². The van der Waals surface area contributed by atoms with Crippen LogP contribution in [0.15, 0.2) is 24.3 Å². The van der Waals surface area contributed by atoms with Crippen LogP contribution in [0.25, 0.3) is 0 Å². The number of benzene rings is 1. The van der Waals surface area contributed by atoms with Gasteiger partial charge in [0.15, 0.2) is 0 Å². The normalized spacial score (nSPS) is 18.9. The van der Waals surface area contributed by atoms with Crippen molar-refractivity contribution < 1.29 is 5.11 Å². The van der Waals surface area contributed by atoms with Gasteiger partial charge >= 0.3 is 0 Å². The van der Waals surface area contributed by atoms with Gasteiger partial charge in [0, 0.05) is 0 Å². The number of aliphatic hydroxyl groups excluding tert-OH is 1. The fourth-order valence-corrected chi connectivity index (χ4v) is 2.87. The van der Waals surface area contributed by atoms with Crippen LogP contribution in [-0.4, -0.2) is 5.11 Å². The van der Waals surface area contributed by atoms with Gasteiger partial charge in [0.1, 0.15) is 0 Å². The molecule has 0 bridgehead atoms. The maximum atomic E-state index is 10.3. The Labute approximate surface area is 98.5 Å². The molecule has 1 nitrogen and oxygen atoms in total. The quantitative estimate of drug-likeness (QED) is 0.813. The standard InChI is InChI=1S/C15H22O/c1-2-13-9-5-6-10-14(13)15(16)11-12-7-3-4-8-12/h5-6,9-10,12,15-16H,2-4,7-8,11H2,1H3. The third kappa shape index (κ3) is 2.65. The summed E-state index contributed by atoms with van der Waals surface area (Å²) in [7, 11) is 0. The topological polar surface area (TPSA) is 20.2 Å². The molecule has 0 heterocycles. The number of aryl methyl sites for hydroxylation is 1. The summed E-state index contributed by atoms with van der Waals surface area (Å²) in [4.78, 5) is 0. The number of hydrogen-bond donors (Lipinski definition) is 1. The van der Waals surface area contributed by atoms with Crippen LogP contribution in [0.5, 0.6) is 0 Å². The van der Waals surface area contributed by atoms with Crippen molar-refractivity contribution in [2.45, 2.75) is 51.6 Å². The second kappa shape index (κ2) is 5.49. The van der Waals surface area contributed by atoms with Crippen molar-refractivity contribution in [1.29, 1.82) is 0 Å². The van der Waals surface area contributed by atoms with Crippen molar-refractivity contribution in [2.24, 2.45) is 5.92 Å². The molecule has 0 spiro atoms. The van der Waals surface area contributed by atoms with E-state index in [0.717, 1.165) is 24.3 Å². The molecule has 0 radical (unpaired) electrons. The van der Waals surface area contributed by atoms with E-state index in [1.807, 2.05) is 6.07 Å². The summed E-state index contributed by atoms with van der Waals surface area (Å²) in [5.74, 6) is 0.750. The summed E-state index contributed by atoms with van der Waals surface area (Å²) in [6, 6.07) is 8.31. The first-order chi connectivity index (χ1) is 7.81. The largest absolute Gasteiger partial charge is 0.388 e. The van der Waals surface area contributed by atoms with Crippen molar-refractivity contribution in [2.75, 3.05) is 0 Å². The maximum Gasteiger partial charge on any atom is 0.0795 e. The lowest BCUT2D eigenvalue weighted by Gasteiger charge is -2.18. The molecule has 0 amide bonds. The minimum absolute atomic E-state index is 0.251. The van der Waals surface area contributed by atoms with E-state index in [1.54, 1.807) is 0 Å². The van der Waals surface area contributed by atoms with Crippen molar-refractivity contribution in [1.82, 2.24) is 0 Å². The molecule has 1 heteroatoms. The van der Waals surface area contributed by atoms with Gasteiger partial charge < -0.3 is 5.11 Å². The molecule has 1 unspecified atom stereocenters. The molecule has 0 saturated heterocycles. The average Bonchev–Trinajstić information content (AvgIpc) is 2.81. The van der Waals surface area contributed by atoms with E-state index < -0.39 is 0 Å². The SMILES string of the molecule is CCc1ccccc1C(O)CC1CCCC1. The number of aliphatic hydroxyl groups is 1. The molecule has 1 aliphatic carbocycles. The fourth-order valence-electron chi connectivity index (χ4n) is 2.87. The molecule has 1 atom stereocenters. The van der Waals surface area contributed by atoms with Gasteiger partial charge in [0.25, 0.3) is 0 Å². The maximum absolute atomic E-state index is 10.3. The predicted octanol–water partition coefficient (Wildman–Crippen LogP) is 3.86. The molecule has 16 heavy (non-hydrogen) atoms. The van der Waals surface area contributed by atoms with E-state index in [2.05, 4.69) is 25.1 Å². The summed E-state index contributed by atoms with van der Waals surface area (Å²) < 4.78 is 0. The smallest absolute Gasteiger partial charge is 0.0795 e. The van der Waals surface area contributed by atoms with Crippen LogP contribution in [0, 0.1) is 5.92 Å². The van der Waals surface area contributed by atoms with Crippen molar-refractivity contribution >= 4 is 0 Å². The van der Waals surface area contributed by atoms with E-state index in [1.165, 1.54) is 31.2 Å².